The van der Waals surface area contributed by atoms with E-state index in [-0.39, 0.29) is 40.7 Å². The molecule has 2 unspecified atom stereocenters. The number of aromatic nitrogens is 3. The van der Waals surface area contributed by atoms with Gasteiger partial charge in [0.25, 0.3) is 5.56 Å². The van der Waals surface area contributed by atoms with Gasteiger partial charge < -0.3 is 15.1 Å². The van der Waals surface area contributed by atoms with E-state index in [1.165, 1.54) is 35.0 Å². The quantitative estimate of drug-likeness (QED) is 0.650. The SMILES string of the molecule is CN(c1nc(-c2ccncc2F)cc(=O)n1C)[C@H]1[C@@H]2CN(C3=NC4C=C(C(F)(F)F)C=CC4N3)C[C@@H]21. The molecule has 0 bridgehead atoms. The topological polar surface area (TPSA) is 78.7 Å². The van der Waals surface area contributed by atoms with E-state index in [1.807, 2.05) is 11.9 Å². The lowest BCUT2D eigenvalue weighted by Gasteiger charge is -2.27. The molecule has 2 aromatic rings. The van der Waals surface area contributed by atoms with Gasteiger partial charge in [-0.05, 0) is 12.1 Å². The molecule has 2 aromatic heterocycles. The average Bonchev–Trinajstić information content (AvgIpc) is 3.17. The van der Waals surface area contributed by atoms with Crippen molar-refractivity contribution in [2.45, 2.75) is 24.3 Å². The van der Waals surface area contributed by atoms with E-state index in [2.05, 4.69) is 25.2 Å². The summed E-state index contributed by atoms with van der Waals surface area (Å²) in [5.74, 6) is 1.08. The minimum atomic E-state index is -4.39. The van der Waals surface area contributed by atoms with E-state index < -0.39 is 23.6 Å². The number of nitrogens with one attached hydrogen (secondary N) is 1. The summed E-state index contributed by atoms with van der Waals surface area (Å²) >= 11 is 0. The Hall–Kier alpha value is -3.70. The minimum Gasteiger partial charge on any atom is -0.348 e. The number of anilines is 1. The molecule has 36 heavy (non-hydrogen) atoms. The van der Waals surface area contributed by atoms with Crippen molar-refractivity contribution in [3.05, 3.63) is 64.5 Å². The fraction of sp³-hybridized carbons (Fsp3) is 0.417. The molecule has 4 heterocycles. The van der Waals surface area contributed by atoms with Crippen LogP contribution in [0.2, 0.25) is 0 Å². The Morgan fingerprint density at radius 1 is 1.22 bits per heavy atom. The summed E-state index contributed by atoms with van der Waals surface area (Å²) in [5.41, 5.74) is -0.507. The first-order valence-corrected chi connectivity index (χ1v) is 11.6. The van der Waals surface area contributed by atoms with Gasteiger partial charge in [0, 0.05) is 62.9 Å². The zero-order chi connectivity index (χ0) is 25.4. The number of halogens is 4. The van der Waals surface area contributed by atoms with Crippen LogP contribution in [-0.4, -0.2) is 69.8 Å². The zero-order valence-corrected chi connectivity index (χ0v) is 19.4. The molecule has 4 aliphatic rings. The molecule has 2 aliphatic carbocycles. The molecule has 2 fully saturated rings. The van der Waals surface area contributed by atoms with Gasteiger partial charge in [-0.1, -0.05) is 12.2 Å². The van der Waals surface area contributed by atoms with Crippen LogP contribution in [0.1, 0.15) is 0 Å². The molecular weight excluding hydrogens is 478 g/mol. The maximum Gasteiger partial charge on any atom is 0.416 e. The first-order valence-electron chi connectivity index (χ1n) is 11.6. The lowest BCUT2D eigenvalue weighted by atomic mass is 9.99. The van der Waals surface area contributed by atoms with Gasteiger partial charge >= 0.3 is 6.18 Å². The normalized spacial score (nSPS) is 28.3. The predicted octanol–water partition coefficient (Wildman–Crippen LogP) is 2.10. The van der Waals surface area contributed by atoms with E-state index in [0.29, 0.717) is 25.0 Å². The van der Waals surface area contributed by atoms with Crippen LogP contribution in [0.5, 0.6) is 0 Å². The number of likely N-dealkylation sites (tertiary alicyclic amines) is 1. The summed E-state index contributed by atoms with van der Waals surface area (Å²) in [5, 5.41) is 3.24. The molecule has 2 aliphatic heterocycles. The number of pyridine rings is 1. The molecule has 1 saturated carbocycles. The summed E-state index contributed by atoms with van der Waals surface area (Å²) in [6.45, 7) is 1.38. The van der Waals surface area contributed by atoms with Crippen LogP contribution in [0, 0.1) is 17.7 Å². The first-order chi connectivity index (χ1) is 17.1. The predicted molar refractivity (Wildman–Crippen MR) is 125 cm³/mol. The molecule has 0 radical (unpaired) electrons. The smallest absolute Gasteiger partial charge is 0.348 e. The first kappa shape index (κ1) is 22.7. The van der Waals surface area contributed by atoms with Gasteiger partial charge in [0.1, 0.15) is 0 Å². The number of allylic oxidation sites excluding steroid dienone is 2. The van der Waals surface area contributed by atoms with Crippen molar-refractivity contribution in [3.63, 3.8) is 0 Å². The molecule has 188 valence electrons. The van der Waals surface area contributed by atoms with Crippen molar-refractivity contribution in [1.29, 1.82) is 0 Å². The molecule has 5 atom stereocenters. The van der Waals surface area contributed by atoms with Crippen LogP contribution >= 0.6 is 0 Å². The summed E-state index contributed by atoms with van der Waals surface area (Å²) in [7, 11) is 3.50. The summed E-state index contributed by atoms with van der Waals surface area (Å²) < 4.78 is 54.9. The molecule has 12 heteroatoms. The van der Waals surface area contributed by atoms with Crippen LogP contribution in [0.3, 0.4) is 0 Å². The van der Waals surface area contributed by atoms with Crippen molar-refractivity contribution in [2.24, 2.45) is 23.9 Å². The second-order valence-corrected chi connectivity index (χ2v) is 9.62. The number of aliphatic imine (C=N–C) groups is 1. The average molecular weight is 501 g/mol. The minimum absolute atomic E-state index is 0.137. The van der Waals surface area contributed by atoms with Crippen LogP contribution in [0.25, 0.3) is 11.3 Å². The van der Waals surface area contributed by atoms with Crippen molar-refractivity contribution < 1.29 is 17.6 Å². The number of hydrogen-bond donors (Lipinski definition) is 1. The number of guanidine groups is 1. The third-order valence-electron chi connectivity index (χ3n) is 7.47. The number of alkyl halides is 3. The highest BCUT2D eigenvalue weighted by atomic mass is 19.4. The van der Waals surface area contributed by atoms with Crippen LogP contribution < -0.4 is 15.8 Å². The summed E-state index contributed by atoms with van der Waals surface area (Å²) in [6.07, 6.45) is 1.93. The fourth-order valence-electron chi connectivity index (χ4n) is 5.54. The monoisotopic (exact) mass is 501 g/mol. The lowest BCUT2D eigenvalue weighted by molar-refractivity contribution is -0.0887. The Morgan fingerprint density at radius 3 is 2.67 bits per heavy atom. The standard InChI is InChI=1S/C24H23F4N7O/c1-33-20(36)8-18(13-5-6-29-9-16(13)25)32-23(33)34(2)21-14-10-35(11-15(14)21)22-30-17-4-3-12(24(26,27)28)7-19(17)31-22/h3-9,14-15,17,19,21H,10-11H2,1-2H3,(H,30,31)/t14-,15+,17?,19?,21+. The van der Waals surface area contributed by atoms with Crippen LogP contribution in [0.4, 0.5) is 23.5 Å². The van der Waals surface area contributed by atoms with Gasteiger partial charge in [0.05, 0.1) is 29.5 Å². The van der Waals surface area contributed by atoms with E-state index >= 15 is 0 Å². The lowest BCUT2D eigenvalue weighted by Crippen LogP contribution is -2.44. The molecule has 0 spiro atoms. The molecular formula is C24H23F4N7O. The van der Waals surface area contributed by atoms with Gasteiger partial charge in [-0.2, -0.15) is 13.2 Å². The molecule has 6 rings (SSSR count). The molecule has 1 N–H and O–H groups in total. The molecule has 0 aromatic carbocycles. The molecule has 0 amide bonds. The van der Waals surface area contributed by atoms with Gasteiger partial charge in [-0.3, -0.25) is 14.3 Å². The number of hydrogen-bond acceptors (Lipinski definition) is 7. The highest BCUT2D eigenvalue weighted by Crippen LogP contribution is 2.49. The van der Waals surface area contributed by atoms with Gasteiger partial charge in [0.2, 0.25) is 5.95 Å². The van der Waals surface area contributed by atoms with Crippen LogP contribution in [0.15, 0.2) is 58.1 Å². The third-order valence-corrected chi connectivity index (χ3v) is 7.47. The van der Waals surface area contributed by atoms with Gasteiger partial charge in [-0.15, -0.1) is 0 Å². The fourth-order valence-corrected chi connectivity index (χ4v) is 5.54. The zero-order valence-electron chi connectivity index (χ0n) is 19.4. The maximum absolute atomic E-state index is 14.3. The Kier molecular flexibility index (Phi) is 4.99. The van der Waals surface area contributed by atoms with E-state index in [9.17, 15) is 22.4 Å². The number of piperidine rings is 1. The Balaban J connectivity index is 1.17. The van der Waals surface area contributed by atoms with E-state index in [0.717, 1.165) is 12.3 Å². The summed E-state index contributed by atoms with van der Waals surface area (Å²) in [4.78, 5) is 29.5. The third kappa shape index (κ3) is 3.66. The van der Waals surface area contributed by atoms with Gasteiger partial charge in [-0.25, -0.2) is 14.4 Å². The van der Waals surface area contributed by atoms with Crippen LogP contribution in [-0.2, 0) is 7.05 Å². The van der Waals surface area contributed by atoms with Crippen molar-refractivity contribution >= 4 is 11.9 Å². The Morgan fingerprint density at radius 2 is 1.97 bits per heavy atom. The molecule has 8 nitrogen and oxygen atoms in total. The highest BCUT2D eigenvalue weighted by Gasteiger charge is 2.59. The number of rotatable bonds is 3. The van der Waals surface area contributed by atoms with Crippen molar-refractivity contribution in [2.75, 3.05) is 25.0 Å². The van der Waals surface area contributed by atoms with E-state index in [4.69, 9.17) is 0 Å². The molecule has 1 saturated heterocycles. The van der Waals surface area contributed by atoms with Gasteiger partial charge in [0.15, 0.2) is 11.8 Å². The Bertz CT molecular complexity index is 1370. The van der Waals surface area contributed by atoms with Crippen molar-refractivity contribution in [1.82, 2.24) is 24.8 Å². The second-order valence-electron chi connectivity index (χ2n) is 9.62. The Labute approximate surface area is 203 Å². The van der Waals surface area contributed by atoms with Crippen molar-refractivity contribution in [3.8, 4) is 11.3 Å². The van der Waals surface area contributed by atoms with E-state index in [1.54, 1.807) is 7.05 Å². The highest BCUT2D eigenvalue weighted by molar-refractivity contribution is 5.84. The number of fused-ring (bicyclic) bond motifs is 2. The second kappa shape index (κ2) is 7.90. The largest absolute Gasteiger partial charge is 0.416 e. The maximum atomic E-state index is 14.3. The number of nitrogens with zero attached hydrogens (tertiary/aromatic N) is 6. The summed E-state index contributed by atoms with van der Waals surface area (Å²) in [6, 6.07) is 2.07.